The molecule has 0 aliphatic rings. The zero-order chi connectivity index (χ0) is 13.5. The molecule has 1 atom stereocenters. The highest BCUT2D eigenvalue weighted by molar-refractivity contribution is 5.43. The summed E-state index contributed by atoms with van der Waals surface area (Å²) < 4.78 is 0. The Morgan fingerprint density at radius 3 is 2.67 bits per heavy atom. The lowest BCUT2D eigenvalue weighted by atomic mass is 9.99. The van der Waals surface area contributed by atoms with E-state index in [-0.39, 0.29) is 10.6 Å². The lowest BCUT2D eigenvalue weighted by Crippen LogP contribution is -2.31. The Morgan fingerprint density at radius 2 is 2.11 bits per heavy atom. The molecule has 1 N–H and O–H groups in total. The van der Waals surface area contributed by atoms with Crippen molar-refractivity contribution in [3.8, 4) is 0 Å². The quantitative estimate of drug-likeness (QED) is 0.597. The van der Waals surface area contributed by atoms with Crippen LogP contribution in [0.25, 0.3) is 0 Å². The predicted molar refractivity (Wildman–Crippen MR) is 73.9 cm³/mol. The first-order valence-electron chi connectivity index (χ1n) is 6.55. The minimum Gasteiger partial charge on any atom is -0.314 e. The van der Waals surface area contributed by atoms with Gasteiger partial charge < -0.3 is 5.32 Å². The molecular formula is C14H22N2O2. The van der Waals surface area contributed by atoms with E-state index in [1.807, 2.05) is 19.1 Å². The van der Waals surface area contributed by atoms with Gasteiger partial charge in [0.2, 0.25) is 0 Å². The number of hydrogen-bond acceptors (Lipinski definition) is 3. The fourth-order valence-electron chi connectivity index (χ4n) is 2.20. The number of nitro benzene ring substituents is 1. The average Bonchev–Trinajstić information content (AvgIpc) is 2.32. The molecule has 0 saturated heterocycles. The summed E-state index contributed by atoms with van der Waals surface area (Å²) in [6, 6.07) is 5.80. The molecule has 0 amide bonds. The average molecular weight is 250 g/mol. The number of nitro groups is 1. The Bertz CT molecular complexity index is 399. The third-order valence-corrected chi connectivity index (χ3v) is 3.03. The van der Waals surface area contributed by atoms with Crippen LogP contribution in [0.5, 0.6) is 0 Å². The molecule has 0 aliphatic heterocycles. The molecule has 0 heterocycles. The second-order valence-corrected chi connectivity index (χ2v) is 4.64. The van der Waals surface area contributed by atoms with Crippen LogP contribution < -0.4 is 5.32 Å². The zero-order valence-corrected chi connectivity index (χ0v) is 11.4. The molecule has 1 unspecified atom stereocenters. The second kappa shape index (κ2) is 7.11. The van der Waals surface area contributed by atoms with Crippen molar-refractivity contribution >= 4 is 5.69 Å². The summed E-state index contributed by atoms with van der Waals surface area (Å²) >= 11 is 0. The molecule has 1 aromatic rings. The summed E-state index contributed by atoms with van der Waals surface area (Å²) in [5, 5.41) is 14.4. The summed E-state index contributed by atoms with van der Waals surface area (Å²) in [4.78, 5) is 10.8. The van der Waals surface area contributed by atoms with Gasteiger partial charge in [-0.2, -0.15) is 0 Å². The lowest BCUT2D eigenvalue weighted by molar-refractivity contribution is -0.385. The predicted octanol–water partition coefficient (Wildman–Crippen LogP) is 3.22. The van der Waals surface area contributed by atoms with Gasteiger partial charge in [0.25, 0.3) is 5.69 Å². The van der Waals surface area contributed by atoms with Crippen molar-refractivity contribution < 1.29 is 4.92 Å². The molecule has 0 aliphatic carbocycles. The largest absolute Gasteiger partial charge is 0.314 e. The third-order valence-electron chi connectivity index (χ3n) is 3.03. The number of hydrogen-bond donors (Lipinski definition) is 1. The van der Waals surface area contributed by atoms with Gasteiger partial charge in [-0.3, -0.25) is 10.1 Å². The summed E-state index contributed by atoms with van der Waals surface area (Å²) in [5.74, 6) is 0. The van der Waals surface area contributed by atoms with Crippen LogP contribution in [-0.2, 0) is 6.42 Å². The topological polar surface area (TPSA) is 55.2 Å². The normalized spacial score (nSPS) is 12.4. The molecule has 1 rings (SSSR count). The van der Waals surface area contributed by atoms with E-state index < -0.39 is 0 Å². The van der Waals surface area contributed by atoms with Crippen LogP contribution in [0.4, 0.5) is 5.69 Å². The summed E-state index contributed by atoms with van der Waals surface area (Å²) in [7, 11) is 0. The van der Waals surface area contributed by atoms with E-state index in [0.29, 0.717) is 6.04 Å². The number of benzene rings is 1. The van der Waals surface area contributed by atoms with Crippen molar-refractivity contribution in [1.82, 2.24) is 5.32 Å². The smallest absolute Gasteiger partial charge is 0.272 e. The van der Waals surface area contributed by atoms with Crippen molar-refractivity contribution in [2.75, 3.05) is 6.54 Å². The summed E-state index contributed by atoms with van der Waals surface area (Å²) in [6.07, 6.45) is 2.84. The summed E-state index contributed by atoms with van der Waals surface area (Å²) in [5.41, 5.74) is 2.00. The van der Waals surface area contributed by atoms with Crippen LogP contribution >= 0.6 is 0 Å². The molecule has 0 radical (unpaired) electrons. The van der Waals surface area contributed by atoms with Gasteiger partial charge in [0.15, 0.2) is 0 Å². The van der Waals surface area contributed by atoms with Crippen LogP contribution in [0.15, 0.2) is 18.2 Å². The number of rotatable bonds is 7. The molecule has 4 nitrogen and oxygen atoms in total. The fourth-order valence-corrected chi connectivity index (χ4v) is 2.20. The second-order valence-electron chi connectivity index (χ2n) is 4.64. The van der Waals surface area contributed by atoms with E-state index in [9.17, 15) is 10.1 Å². The van der Waals surface area contributed by atoms with Gasteiger partial charge in [-0.25, -0.2) is 0 Å². The minimum absolute atomic E-state index is 0.244. The number of aryl methyl sites for hydroxylation is 1. The molecule has 1 aromatic carbocycles. The highest BCUT2D eigenvalue weighted by Gasteiger charge is 2.17. The minimum atomic E-state index is -0.280. The first kappa shape index (κ1) is 14.6. The molecule has 0 aromatic heterocycles. The Hall–Kier alpha value is -1.42. The SMILES string of the molecule is CCCC(Cc1ccc(C)cc1[N+](=O)[O-])NCC. The van der Waals surface area contributed by atoms with Crippen LogP contribution in [-0.4, -0.2) is 17.5 Å². The molecule has 100 valence electrons. The van der Waals surface area contributed by atoms with Crippen LogP contribution in [0.1, 0.15) is 37.8 Å². The molecular weight excluding hydrogens is 228 g/mol. The number of nitrogens with zero attached hydrogens (tertiary/aromatic N) is 1. The van der Waals surface area contributed by atoms with Crippen LogP contribution in [0.2, 0.25) is 0 Å². The van der Waals surface area contributed by atoms with E-state index in [1.54, 1.807) is 6.07 Å². The van der Waals surface area contributed by atoms with Crippen molar-refractivity contribution in [1.29, 1.82) is 0 Å². The Kier molecular flexibility index (Phi) is 5.78. The van der Waals surface area contributed by atoms with Gasteiger partial charge in [0.1, 0.15) is 0 Å². The van der Waals surface area contributed by atoms with E-state index >= 15 is 0 Å². The Balaban J connectivity index is 2.90. The third kappa shape index (κ3) is 4.11. The zero-order valence-electron chi connectivity index (χ0n) is 11.4. The van der Waals surface area contributed by atoms with Gasteiger partial charge in [-0.15, -0.1) is 0 Å². The van der Waals surface area contributed by atoms with Gasteiger partial charge in [-0.05, 0) is 31.9 Å². The lowest BCUT2D eigenvalue weighted by Gasteiger charge is -2.17. The maximum absolute atomic E-state index is 11.1. The van der Waals surface area contributed by atoms with Crippen molar-refractivity contribution in [2.45, 2.75) is 46.1 Å². The Morgan fingerprint density at radius 1 is 1.39 bits per heavy atom. The monoisotopic (exact) mass is 250 g/mol. The van der Waals surface area contributed by atoms with Crippen LogP contribution in [0.3, 0.4) is 0 Å². The molecule has 0 fully saturated rings. The van der Waals surface area contributed by atoms with Crippen molar-refractivity contribution in [2.24, 2.45) is 0 Å². The standard InChI is InChI=1S/C14H22N2O2/c1-4-6-13(15-5-2)10-12-8-7-11(3)9-14(12)16(17)18/h7-9,13,15H,4-6,10H2,1-3H3. The van der Waals surface area contributed by atoms with E-state index in [1.165, 1.54) is 0 Å². The highest BCUT2D eigenvalue weighted by atomic mass is 16.6. The first-order chi connectivity index (χ1) is 8.58. The van der Waals surface area contributed by atoms with E-state index in [0.717, 1.165) is 36.9 Å². The fraction of sp³-hybridized carbons (Fsp3) is 0.571. The van der Waals surface area contributed by atoms with E-state index in [4.69, 9.17) is 0 Å². The molecule has 0 spiro atoms. The van der Waals surface area contributed by atoms with E-state index in [2.05, 4.69) is 19.2 Å². The molecule has 0 saturated carbocycles. The molecule has 0 bridgehead atoms. The first-order valence-corrected chi connectivity index (χ1v) is 6.55. The van der Waals surface area contributed by atoms with Gasteiger partial charge in [0.05, 0.1) is 4.92 Å². The van der Waals surface area contributed by atoms with Gasteiger partial charge in [0, 0.05) is 17.7 Å². The maximum Gasteiger partial charge on any atom is 0.272 e. The van der Waals surface area contributed by atoms with Crippen molar-refractivity contribution in [3.63, 3.8) is 0 Å². The maximum atomic E-state index is 11.1. The van der Waals surface area contributed by atoms with Gasteiger partial charge in [-0.1, -0.05) is 32.4 Å². The highest BCUT2D eigenvalue weighted by Crippen LogP contribution is 2.22. The molecule has 4 heteroatoms. The summed E-state index contributed by atoms with van der Waals surface area (Å²) in [6.45, 7) is 6.97. The van der Waals surface area contributed by atoms with Gasteiger partial charge >= 0.3 is 0 Å². The Labute approximate surface area is 109 Å². The molecule has 18 heavy (non-hydrogen) atoms. The van der Waals surface area contributed by atoms with Crippen LogP contribution in [0, 0.1) is 17.0 Å². The number of likely N-dealkylation sites (N-methyl/N-ethyl adjacent to an activating group) is 1. The number of nitrogens with one attached hydrogen (secondary N) is 1. The van der Waals surface area contributed by atoms with Crippen molar-refractivity contribution in [3.05, 3.63) is 39.4 Å².